The fourth-order valence-electron chi connectivity index (χ4n) is 2.51. The van der Waals surface area contributed by atoms with Crippen LogP contribution in [0.3, 0.4) is 0 Å². The van der Waals surface area contributed by atoms with E-state index in [1.54, 1.807) is 6.07 Å². The Morgan fingerprint density at radius 3 is 2.68 bits per heavy atom. The van der Waals surface area contributed by atoms with Gasteiger partial charge in [-0.25, -0.2) is 0 Å². The lowest BCUT2D eigenvalue weighted by Crippen LogP contribution is -2.13. The number of amides is 1. The maximum atomic E-state index is 11.5. The number of pyridine rings is 1. The summed E-state index contributed by atoms with van der Waals surface area (Å²) in [5, 5.41) is 0. The van der Waals surface area contributed by atoms with Crippen LogP contribution in [-0.4, -0.2) is 10.9 Å². The van der Waals surface area contributed by atoms with Crippen LogP contribution in [0.5, 0.6) is 0 Å². The Bertz CT molecular complexity index is 618. The number of carbonyl (C=O) groups is 1. The molecule has 0 radical (unpaired) electrons. The van der Waals surface area contributed by atoms with Gasteiger partial charge < -0.3 is 5.73 Å². The summed E-state index contributed by atoms with van der Waals surface area (Å²) in [5.41, 5.74) is 8.91. The highest BCUT2D eigenvalue weighted by atomic mass is 16.1. The maximum absolute atomic E-state index is 11.5. The Balaban J connectivity index is 2.04. The molecule has 3 heteroatoms. The predicted octanol–water partition coefficient (Wildman–Crippen LogP) is 3.12. The second-order valence-corrected chi connectivity index (χ2v) is 5.01. The lowest BCUT2D eigenvalue weighted by atomic mass is 9.80. The van der Waals surface area contributed by atoms with Crippen molar-refractivity contribution >= 4 is 5.91 Å². The standard InChI is InChI=1S/C16H16N2O/c17-16(19)14-7-2-1-6-13(14)15-10-12(8-9-18-15)11-4-3-5-11/h1-2,6-11H,3-5H2,(H2,17,19). The highest BCUT2D eigenvalue weighted by Gasteiger charge is 2.20. The van der Waals surface area contributed by atoms with Crippen molar-refractivity contribution in [3.63, 3.8) is 0 Å². The number of nitrogens with two attached hydrogens (primary N) is 1. The third kappa shape index (κ3) is 2.24. The van der Waals surface area contributed by atoms with E-state index in [4.69, 9.17) is 5.73 Å². The number of hydrogen-bond donors (Lipinski definition) is 1. The van der Waals surface area contributed by atoms with Crippen LogP contribution in [0.4, 0.5) is 0 Å². The Hall–Kier alpha value is -2.16. The van der Waals surface area contributed by atoms with Crippen LogP contribution >= 0.6 is 0 Å². The van der Waals surface area contributed by atoms with Gasteiger partial charge in [-0.15, -0.1) is 0 Å². The van der Waals surface area contributed by atoms with Crippen molar-refractivity contribution in [2.45, 2.75) is 25.2 Å². The number of carbonyl (C=O) groups excluding carboxylic acids is 1. The van der Waals surface area contributed by atoms with E-state index in [2.05, 4.69) is 17.1 Å². The molecule has 2 aromatic rings. The average Bonchev–Trinajstić information content (AvgIpc) is 2.37. The summed E-state index contributed by atoms with van der Waals surface area (Å²) in [5.74, 6) is 0.244. The van der Waals surface area contributed by atoms with E-state index in [1.807, 2.05) is 24.4 Å². The van der Waals surface area contributed by atoms with Crippen molar-refractivity contribution in [1.29, 1.82) is 0 Å². The molecule has 96 valence electrons. The van der Waals surface area contributed by atoms with E-state index in [1.165, 1.54) is 24.8 Å². The van der Waals surface area contributed by atoms with Gasteiger partial charge in [0, 0.05) is 17.3 Å². The second-order valence-electron chi connectivity index (χ2n) is 5.01. The summed E-state index contributed by atoms with van der Waals surface area (Å²) in [6.07, 6.45) is 5.63. The van der Waals surface area contributed by atoms with E-state index < -0.39 is 5.91 Å². The molecule has 1 saturated carbocycles. The predicted molar refractivity (Wildman–Crippen MR) is 74.8 cm³/mol. The van der Waals surface area contributed by atoms with Crippen LogP contribution in [0.1, 0.15) is 41.1 Å². The van der Waals surface area contributed by atoms with E-state index >= 15 is 0 Å². The molecule has 3 nitrogen and oxygen atoms in total. The lowest BCUT2D eigenvalue weighted by Gasteiger charge is -2.26. The fourth-order valence-corrected chi connectivity index (χ4v) is 2.51. The number of aromatic nitrogens is 1. The number of hydrogen-bond acceptors (Lipinski definition) is 2. The van der Waals surface area contributed by atoms with Crippen LogP contribution < -0.4 is 5.73 Å². The summed E-state index contributed by atoms with van der Waals surface area (Å²) in [6, 6.07) is 11.5. The molecule has 1 aromatic carbocycles. The molecular weight excluding hydrogens is 236 g/mol. The summed E-state index contributed by atoms with van der Waals surface area (Å²) in [4.78, 5) is 15.9. The van der Waals surface area contributed by atoms with Gasteiger partial charge in [-0.05, 0) is 42.5 Å². The van der Waals surface area contributed by atoms with E-state index in [-0.39, 0.29) is 0 Å². The third-order valence-electron chi connectivity index (χ3n) is 3.83. The van der Waals surface area contributed by atoms with Gasteiger partial charge in [0.25, 0.3) is 0 Å². The summed E-state index contributed by atoms with van der Waals surface area (Å²) in [6.45, 7) is 0. The molecule has 0 atom stereocenters. The van der Waals surface area contributed by atoms with E-state index in [9.17, 15) is 4.79 Å². The monoisotopic (exact) mass is 252 g/mol. The van der Waals surface area contributed by atoms with Crippen LogP contribution in [0.15, 0.2) is 42.6 Å². The fraction of sp³-hybridized carbons (Fsp3) is 0.250. The molecule has 2 N–H and O–H groups in total. The van der Waals surface area contributed by atoms with Gasteiger partial charge >= 0.3 is 0 Å². The molecule has 0 unspecified atom stereocenters. The van der Waals surface area contributed by atoms with E-state index in [0.29, 0.717) is 11.5 Å². The van der Waals surface area contributed by atoms with Crippen molar-refractivity contribution < 1.29 is 4.79 Å². The Morgan fingerprint density at radius 1 is 1.21 bits per heavy atom. The largest absolute Gasteiger partial charge is 0.366 e. The summed E-state index contributed by atoms with van der Waals surface area (Å²) in [7, 11) is 0. The molecule has 0 spiro atoms. The highest BCUT2D eigenvalue weighted by Crippen LogP contribution is 2.37. The van der Waals surface area contributed by atoms with Gasteiger partial charge in [0.15, 0.2) is 0 Å². The minimum absolute atomic E-state index is 0.411. The molecule has 1 heterocycles. The Morgan fingerprint density at radius 2 is 2.00 bits per heavy atom. The molecular formula is C16H16N2O. The molecule has 19 heavy (non-hydrogen) atoms. The van der Waals surface area contributed by atoms with Crippen molar-refractivity contribution in [2.24, 2.45) is 5.73 Å². The number of primary amides is 1. The van der Waals surface area contributed by atoms with Gasteiger partial charge in [0.1, 0.15) is 0 Å². The van der Waals surface area contributed by atoms with Crippen LogP contribution in [0.25, 0.3) is 11.3 Å². The van der Waals surface area contributed by atoms with Crippen LogP contribution in [-0.2, 0) is 0 Å². The maximum Gasteiger partial charge on any atom is 0.249 e. The lowest BCUT2D eigenvalue weighted by molar-refractivity contribution is 0.100. The first kappa shape index (κ1) is 11.9. The molecule has 1 aliphatic rings. The first-order valence-electron chi connectivity index (χ1n) is 6.61. The number of rotatable bonds is 3. The Labute approximate surface area is 112 Å². The molecule has 1 aromatic heterocycles. The topological polar surface area (TPSA) is 56.0 Å². The highest BCUT2D eigenvalue weighted by molar-refractivity contribution is 5.99. The third-order valence-corrected chi connectivity index (χ3v) is 3.83. The van der Waals surface area contributed by atoms with Crippen molar-refractivity contribution in [3.05, 3.63) is 53.7 Å². The number of nitrogens with zero attached hydrogens (tertiary/aromatic N) is 1. The zero-order valence-electron chi connectivity index (χ0n) is 10.7. The zero-order chi connectivity index (χ0) is 13.2. The smallest absolute Gasteiger partial charge is 0.249 e. The van der Waals surface area contributed by atoms with Crippen molar-refractivity contribution in [1.82, 2.24) is 4.98 Å². The van der Waals surface area contributed by atoms with Crippen LogP contribution in [0.2, 0.25) is 0 Å². The minimum atomic E-state index is -0.411. The van der Waals surface area contributed by atoms with Crippen molar-refractivity contribution in [3.8, 4) is 11.3 Å². The SMILES string of the molecule is NC(=O)c1ccccc1-c1cc(C2CCC2)ccn1. The van der Waals surface area contributed by atoms with Gasteiger partial charge in [0.05, 0.1) is 5.69 Å². The summed E-state index contributed by atoms with van der Waals surface area (Å²) >= 11 is 0. The number of benzene rings is 1. The van der Waals surface area contributed by atoms with Gasteiger partial charge in [-0.2, -0.15) is 0 Å². The molecule has 1 fully saturated rings. The molecule has 0 bridgehead atoms. The minimum Gasteiger partial charge on any atom is -0.366 e. The molecule has 0 saturated heterocycles. The quantitative estimate of drug-likeness (QED) is 0.912. The van der Waals surface area contributed by atoms with Gasteiger partial charge in [0.2, 0.25) is 5.91 Å². The molecule has 1 aliphatic carbocycles. The first-order chi connectivity index (χ1) is 9.25. The summed E-state index contributed by atoms with van der Waals surface area (Å²) < 4.78 is 0. The van der Waals surface area contributed by atoms with Crippen molar-refractivity contribution in [2.75, 3.05) is 0 Å². The normalized spacial score (nSPS) is 14.9. The first-order valence-corrected chi connectivity index (χ1v) is 6.61. The molecule has 3 rings (SSSR count). The van der Waals surface area contributed by atoms with Crippen LogP contribution in [0, 0.1) is 0 Å². The zero-order valence-corrected chi connectivity index (χ0v) is 10.7. The molecule has 0 aliphatic heterocycles. The van der Waals surface area contributed by atoms with Gasteiger partial charge in [-0.1, -0.05) is 24.6 Å². The Kier molecular flexibility index (Phi) is 3.03. The van der Waals surface area contributed by atoms with Gasteiger partial charge in [-0.3, -0.25) is 9.78 Å². The second kappa shape index (κ2) is 4.84. The average molecular weight is 252 g/mol. The van der Waals surface area contributed by atoms with E-state index in [0.717, 1.165) is 11.3 Å². The molecule has 1 amide bonds.